The van der Waals surface area contributed by atoms with Crippen LogP contribution in [0.5, 0.6) is 0 Å². The predicted molar refractivity (Wildman–Crippen MR) is 95.5 cm³/mol. The molecule has 0 spiro atoms. The second-order valence-corrected chi connectivity index (χ2v) is 5.84. The number of benzene rings is 1. The zero-order valence-electron chi connectivity index (χ0n) is 14.3. The third-order valence-corrected chi connectivity index (χ3v) is 4.15. The first-order chi connectivity index (χ1) is 12.6. The Hall–Kier alpha value is -3.40. The third-order valence-electron chi connectivity index (χ3n) is 4.15. The summed E-state index contributed by atoms with van der Waals surface area (Å²) in [5.41, 5.74) is 2.13. The fourth-order valence-corrected chi connectivity index (χ4v) is 3.02. The van der Waals surface area contributed by atoms with Crippen molar-refractivity contribution in [1.82, 2.24) is 4.98 Å². The van der Waals surface area contributed by atoms with Crippen molar-refractivity contribution >= 4 is 23.4 Å². The molecule has 1 aliphatic rings. The van der Waals surface area contributed by atoms with Crippen LogP contribution in [-0.4, -0.2) is 36.1 Å². The molecular formula is C19H18N4O3. The molecule has 26 heavy (non-hydrogen) atoms. The SMILES string of the molecule is CC(=O)N1c2ccccc2C[C@H]1C(=O)OCCNc1ncccc1C#N. The van der Waals surface area contributed by atoms with E-state index in [0.29, 0.717) is 24.3 Å². The van der Waals surface area contributed by atoms with E-state index in [2.05, 4.69) is 10.3 Å². The Labute approximate surface area is 151 Å². The molecule has 2 aromatic rings. The molecule has 3 rings (SSSR count). The largest absolute Gasteiger partial charge is 0.462 e. The van der Waals surface area contributed by atoms with Gasteiger partial charge in [-0.2, -0.15) is 5.26 Å². The van der Waals surface area contributed by atoms with Crippen molar-refractivity contribution in [1.29, 1.82) is 5.26 Å². The van der Waals surface area contributed by atoms with E-state index < -0.39 is 12.0 Å². The Morgan fingerprint density at radius 2 is 2.15 bits per heavy atom. The molecule has 0 unspecified atom stereocenters. The van der Waals surface area contributed by atoms with Crippen molar-refractivity contribution in [2.75, 3.05) is 23.4 Å². The van der Waals surface area contributed by atoms with Gasteiger partial charge in [0.15, 0.2) is 0 Å². The van der Waals surface area contributed by atoms with Gasteiger partial charge in [-0.25, -0.2) is 9.78 Å². The Balaban J connectivity index is 1.57. The molecule has 7 heteroatoms. The number of nitriles is 1. The molecule has 7 nitrogen and oxygen atoms in total. The first kappa shape index (κ1) is 17.4. The number of esters is 1. The first-order valence-electron chi connectivity index (χ1n) is 8.25. The Bertz CT molecular complexity index is 875. The van der Waals surface area contributed by atoms with Gasteiger partial charge in [0.05, 0.1) is 12.1 Å². The molecule has 1 N–H and O–H groups in total. The quantitative estimate of drug-likeness (QED) is 0.653. The number of para-hydroxylation sites is 1. The summed E-state index contributed by atoms with van der Waals surface area (Å²) in [6, 6.07) is 12.2. The van der Waals surface area contributed by atoms with Gasteiger partial charge in [-0.15, -0.1) is 0 Å². The monoisotopic (exact) mass is 350 g/mol. The summed E-state index contributed by atoms with van der Waals surface area (Å²) in [6.45, 7) is 1.87. The average Bonchev–Trinajstić information content (AvgIpc) is 3.05. The average molecular weight is 350 g/mol. The minimum absolute atomic E-state index is 0.110. The van der Waals surface area contributed by atoms with Crippen molar-refractivity contribution in [3.8, 4) is 6.07 Å². The van der Waals surface area contributed by atoms with Crippen LogP contribution in [0.4, 0.5) is 11.5 Å². The zero-order chi connectivity index (χ0) is 18.5. The molecule has 0 radical (unpaired) electrons. The number of rotatable bonds is 5. The topological polar surface area (TPSA) is 95.3 Å². The number of aromatic nitrogens is 1. The summed E-state index contributed by atoms with van der Waals surface area (Å²) in [5.74, 6) is -0.188. The highest BCUT2D eigenvalue weighted by Crippen LogP contribution is 2.32. The lowest BCUT2D eigenvalue weighted by Crippen LogP contribution is -2.43. The number of fused-ring (bicyclic) bond motifs is 1. The van der Waals surface area contributed by atoms with E-state index in [-0.39, 0.29) is 12.5 Å². The maximum atomic E-state index is 12.5. The van der Waals surface area contributed by atoms with Crippen molar-refractivity contribution < 1.29 is 14.3 Å². The zero-order valence-corrected chi connectivity index (χ0v) is 14.3. The molecule has 0 fully saturated rings. The Morgan fingerprint density at radius 3 is 2.92 bits per heavy atom. The van der Waals surface area contributed by atoms with Crippen molar-refractivity contribution in [2.45, 2.75) is 19.4 Å². The predicted octanol–water partition coefficient (Wildman–Crippen LogP) is 1.89. The van der Waals surface area contributed by atoms with Crippen LogP contribution in [0.15, 0.2) is 42.6 Å². The smallest absolute Gasteiger partial charge is 0.329 e. The summed E-state index contributed by atoms with van der Waals surface area (Å²) < 4.78 is 5.33. The van der Waals surface area contributed by atoms with Gasteiger partial charge in [0.1, 0.15) is 24.5 Å². The first-order valence-corrected chi connectivity index (χ1v) is 8.25. The lowest BCUT2D eigenvalue weighted by Gasteiger charge is -2.22. The fraction of sp³-hybridized carbons (Fsp3) is 0.263. The molecule has 2 heterocycles. The van der Waals surface area contributed by atoms with E-state index in [1.807, 2.05) is 30.3 Å². The molecule has 0 saturated carbocycles. The van der Waals surface area contributed by atoms with Crippen molar-refractivity contribution in [2.24, 2.45) is 0 Å². The lowest BCUT2D eigenvalue weighted by molar-refractivity contribution is -0.145. The number of nitrogens with zero attached hydrogens (tertiary/aromatic N) is 3. The summed E-state index contributed by atoms with van der Waals surface area (Å²) in [6.07, 6.45) is 2.02. The number of carbonyl (C=O) groups excluding carboxylic acids is 2. The highest BCUT2D eigenvalue weighted by molar-refractivity contribution is 6.01. The Kier molecular flexibility index (Phi) is 5.13. The summed E-state index contributed by atoms with van der Waals surface area (Å²) in [7, 11) is 0. The molecule has 1 atom stereocenters. The fourth-order valence-electron chi connectivity index (χ4n) is 3.02. The highest BCUT2D eigenvalue weighted by Gasteiger charge is 2.37. The van der Waals surface area contributed by atoms with Gasteiger partial charge < -0.3 is 10.1 Å². The minimum atomic E-state index is -0.644. The number of amides is 1. The van der Waals surface area contributed by atoms with Gasteiger partial charge in [0, 0.05) is 25.2 Å². The van der Waals surface area contributed by atoms with E-state index >= 15 is 0 Å². The molecule has 0 bridgehead atoms. The molecule has 1 amide bonds. The number of hydrogen-bond acceptors (Lipinski definition) is 6. The molecule has 1 aromatic carbocycles. The van der Waals surface area contributed by atoms with E-state index in [9.17, 15) is 9.59 Å². The summed E-state index contributed by atoms with van der Waals surface area (Å²) in [4.78, 5) is 30.0. The maximum Gasteiger partial charge on any atom is 0.329 e. The van der Waals surface area contributed by atoms with Crippen LogP contribution in [0, 0.1) is 11.3 Å². The molecular weight excluding hydrogens is 332 g/mol. The molecule has 1 aliphatic heterocycles. The van der Waals surface area contributed by atoms with Gasteiger partial charge in [0.2, 0.25) is 5.91 Å². The van der Waals surface area contributed by atoms with Crippen LogP contribution in [0.1, 0.15) is 18.1 Å². The van der Waals surface area contributed by atoms with Gasteiger partial charge in [0.25, 0.3) is 0 Å². The molecule has 0 saturated heterocycles. The van der Waals surface area contributed by atoms with E-state index in [0.717, 1.165) is 11.3 Å². The van der Waals surface area contributed by atoms with Crippen LogP contribution in [0.2, 0.25) is 0 Å². The minimum Gasteiger partial charge on any atom is -0.462 e. The highest BCUT2D eigenvalue weighted by atomic mass is 16.5. The van der Waals surface area contributed by atoms with Crippen molar-refractivity contribution in [3.63, 3.8) is 0 Å². The number of nitrogens with one attached hydrogen (secondary N) is 1. The molecule has 1 aromatic heterocycles. The number of carbonyl (C=O) groups is 2. The number of anilines is 2. The lowest BCUT2D eigenvalue weighted by atomic mass is 10.1. The van der Waals surface area contributed by atoms with E-state index in [1.165, 1.54) is 11.8 Å². The number of hydrogen-bond donors (Lipinski definition) is 1. The third kappa shape index (κ3) is 3.49. The molecule has 0 aliphatic carbocycles. The van der Waals surface area contributed by atoms with Gasteiger partial charge in [-0.05, 0) is 23.8 Å². The molecule has 132 valence electrons. The second-order valence-electron chi connectivity index (χ2n) is 5.84. The number of ether oxygens (including phenoxy) is 1. The second kappa shape index (κ2) is 7.66. The van der Waals surface area contributed by atoms with Crippen LogP contribution >= 0.6 is 0 Å². The normalized spacial score (nSPS) is 15.1. The van der Waals surface area contributed by atoms with Gasteiger partial charge in [-0.1, -0.05) is 18.2 Å². The van der Waals surface area contributed by atoms with E-state index in [4.69, 9.17) is 10.00 Å². The number of pyridine rings is 1. The van der Waals surface area contributed by atoms with Crippen LogP contribution in [-0.2, 0) is 20.7 Å². The van der Waals surface area contributed by atoms with Crippen molar-refractivity contribution in [3.05, 3.63) is 53.7 Å². The van der Waals surface area contributed by atoms with E-state index in [1.54, 1.807) is 18.3 Å². The Morgan fingerprint density at radius 1 is 1.35 bits per heavy atom. The van der Waals surface area contributed by atoms with Crippen LogP contribution in [0.25, 0.3) is 0 Å². The standard InChI is InChI=1S/C19H18N4O3/c1-13(24)23-16-7-3-2-5-14(16)11-17(23)19(25)26-10-9-22-18-15(12-20)6-4-8-21-18/h2-8,17H,9-11H2,1H3,(H,21,22)/t17-/m0/s1. The maximum absolute atomic E-state index is 12.5. The summed E-state index contributed by atoms with van der Waals surface area (Å²) >= 11 is 0. The summed E-state index contributed by atoms with van der Waals surface area (Å²) in [5, 5.41) is 12.0. The van der Waals surface area contributed by atoms with Crippen LogP contribution < -0.4 is 10.2 Å². The van der Waals surface area contributed by atoms with Gasteiger partial charge >= 0.3 is 5.97 Å². The van der Waals surface area contributed by atoms with Gasteiger partial charge in [-0.3, -0.25) is 9.69 Å². The van der Waals surface area contributed by atoms with Crippen LogP contribution in [0.3, 0.4) is 0 Å².